The average Bonchev–Trinajstić information content (AvgIpc) is 3.14. The van der Waals surface area contributed by atoms with Crippen LogP contribution in [0, 0.1) is 10.5 Å². The molecule has 6 nitrogen and oxygen atoms in total. The van der Waals surface area contributed by atoms with Crippen molar-refractivity contribution in [2.45, 2.75) is 13.5 Å². The van der Waals surface area contributed by atoms with Crippen LogP contribution in [0.15, 0.2) is 64.1 Å². The van der Waals surface area contributed by atoms with E-state index in [1.807, 2.05) is 36.4 Å². The Labute approximate surface area is 176 Å². The van der Waals surface area contributed by atoms with Crippen LogP contribution >= 0.6 is 22.6 Å². The lowest BCUT2D eigenvalue weighted by atomic mass is 10.2. The van der Waals surface area contributed by atoms with Gasteiger partial charge >= 0.3 is 5.91 Å². The van der Waals surface area contributed by atoms with Crippen LogP contribution in [0.25, 0.3) is 0 Å². The summed E-state index contributed by atoms with van der Waals surface area (Å²) in [5, 5.41) is 3.98. The molecular formula is C21H19IN2O4. The van der Waals surface area contributed by atoms with Crippen LogP contribution in [0.1, 0.15) is 27.4 Å². The van der Waals surface area contributed by atoms with Crippen molar-refractivity contribution in [3.63, 3.8) is 0 Å². The van der Waals surface area contributed by atoms with Crippen molar-refractivity contribution in [1.29, 1.82) is 0 Å². The average molecular weight is 490 g/mol. The number of amides is 1. The van der Waals surface area contributed by atoms with Gasteiger partial charge in [0.1, 0.15) is 12.4 Å². The number of carbonyl (C=O) groups excluding carboxylic acids is 1. The molecule has 28 heavy (non-hydrogen) atoms. The quantitative estimate of drug-likeness (QED) is 0.300. The van der Waals surface area contributed by atoms with E-state index in [0.29, 0.717) is 23.9 Å². The number of furan rings is 1. The number of nitrogens with zero attached hydrogens (tertiary/aromatic N) is 1. The number of carbonyl (C=O) groups is 1. The summed E-state index contributed by atoms with van der Waals surface area (Å²) in [5.41, 5.74) is 4.28. The van der Waals surface area contributed by atoms with E-state index in [4.69, 9.17) is 13.9 Å². The molecule has 0 bridgehead atoms. The van der Waals surface area contributed by atoms with Crippen molar-refractivity contribution < 1.29 is 18.7 Å². The molecule has 1 aromatic heterocycles. The molecule has 1 amide bonds. The molecule has 0 fully saturated rings. The third kappa shape index (κ3) is 5.13. The van der Waals surface area contributed by atoms with E-state index in [-0.39, 0.29) is 5.76 Å². The van der Waals surface area contributed by atoms with Gasteiger partial charge in [-0.2, -0.15) is 5.10 Å². The van der Waals surface area contributed by atoms with Crippen LogP contribution in [0.2, 0.25) is 0 Å². The zero-order valence-corrected chi connectivity index (χ0v) is 17.6. The van der Waals surface area contributed by atoms with E-state index in [0.717, 1.165) is 14.7 Å². The Morgan fingerprint density at radius 2 is 2.00 bits per heavy atom. The predicted molar refractivity (Wildman–Crippen MR) is 115 cm³/mol. The van der Waals surface area contributed by atoms with E-state index < -0.39 is 5.91 Å². The van der Waals surface area contributed by atoms with E-state index in [1.165, 1.54) is 0 Å². The molecule has 7 heteroatoms. The topological polar surface area (TPSA) is 73.1 Å². The number of methoxy groups -OCH3 is 1. The number of hydrogen-bond acceptors (Lipinski definition) is 5. The highest BCUT2D eigenvalue weighted by Crippen LogP contribution is 2.34. The number of halogens is 1. The monoisotopic (exact) mass is 490 g/mol. The SMILES string of the molecule is COc1cc(/C=N\NC(=O)c2ccc(C)o2)cc(I)c1OCc1ccccc1. The molecule has 0 atom stereocenters. The fraction of sp³-hybridized carbons (Fsp3) is 0.143. The number of ether oxygens (including phenoxy) is 2. The van der Waals surface area contributed by atoms with Crippen molar-refractivity contribution >= 4 is 34.7 Å². The lowest BCUT2D eigenvalue weighted by Crippen LogP contribution is -2.16. The van der Waals surface area contributed by atoms with Crippen LogP contribution in [0.4, 0.5) is 0 Å². The lowest BCUT2D eigenvalue weighted by molar-refractivity contribution is 0.0926. The second-order valence-corrected chi connectivity index (χ2v) is 7.08. The molecule has 3 rings (SSSR count). The Kier molecular flexibility index (Phi) is 6.70. The van der Waals surface area contributed by atoms with Crippen LogP contribution in [0.5, 0.6) is 11.5 Å². The van der Waals surface area contributed by atoms with E-state index in [2.05, 4.69) is 33.1 Å². The summed E-state index contributed by atoms with van der Waals surface area (Å²) in [7, 11) is 1.59. The van der Waals surface area contributed by atoms with Crippen LogP contribution < -0.4 is 14.9 Å². The van der Waals surface area contributed by atoms with Gasteiger partial charge in [0.25, 0.3) is 0 Å². The highest BCUT2D eigenvalue weighted by Gasteiger charge is 2.12. The number of rotatable bonds is 7. The van der Waals surface area contributed by atoms with E-state index in [1.54, 1.807) is 38.4 Å². The van der Waals surface area contributed by atoms with E-state index >= 15 is 0 Å². The van der Waals surface area contributed by atoms with Gasteiger partial charge in [-0.25, -0.2) is 5.43 Å². The van der Waals surface area contributed by atoms with Gasteiger partial charge in [0, 0.05) is 0 Å². The van der Waals surface area contributed by atoms with Gasteiger partial charge in [-0.05, 0) is 64.9 Å². The van der Waals surface area contributed by atoms with Gasteiger partial charge in [0.2, 0.25) is 0 Å². The summed E-state index contributed by atoms with van der Waals surface area (Å²) < 4.78 is 17.5. The molecule has 0 saturated carbocycles. The predicted octanol–water partition coefficient (Wildman–Crippen LogP) is 4.54. The number of hydrogen-bond donors (Lipinski definition) is 1. The number of hydrazone groups is 1. The number of aryl methyl sites for hydroxylation is 1. The van der Waals surface area contributed by atoms with Gasteiger partial charge in [0.05, 0.1) is 16.9 Å². The summed E-state index contributed by atoms with van der Waals surface area (Å²) in [5.74, 6) is 1.73. The molecule has 144 valence electrons. The molecule has 0 aliphatic heterocycles. The highest BCUT2D eigenvalue weighted by molar-refractivity contribution is 14.1. The fourth-order valence-corrected chi connectivity index (χ4v) is 3.24. The minimum Gasteiger partial charge on any atom is -0.493 e. The fourth-order valence-electron chi connectivity index (χ4n) is 2.46. The first kappa shape index (κ1) is 19.9. The van der Waals surface area contributed by atoms with Crippen molar-refractivity contribution in [3.05, 3.63) is 80.8 Å². The van der Waals surface area contributed by atoms with Crippen molar-refractivity contribution in [3.8, 4) is 11.5 Å². The molecule has 3 aromatic rings. The third-order valence-corrected chi connectivity index (χ3v) is 4.62. The molecule has 0 aliphatic carbocycles. The summed E-state index contributed by atoms with van der Waals surface area (Å²) in [6.45, 7) is 2.22. The first-order valence-corrected chi connectivity index (χ1v) is 9.59. The van der Waals surface area contributed by atoms with Gasteiger partial charge in [0.15, 0.2) is 17.3 Å². The summed E-state index contributed by atoms with van der Waals surface area (Å²) in [6.07, 6.45) is 1.54. The maximum Gasteiger partial charge on any atom is 0.307 e. The normalized spacial score (nSPS) is 10.8. The zero-order valence-electron chi connectivity index (χ0n) is 15.4. The van der Waals surface area contributed by atoms with Crippen molar-refractivity contribution in [2.24, 2.45) is 5.10 Å². The largest absolute Gasteiger partial charge is 0.493 e. The molecule has 0 aliphatic rings. The molecule has 1 N–H and O–H groups in total. The van der Waals surface area contributed by atoms with Crippen molar-refractivity contribution in [1.82, 2.24) is 5.43 Å². The van der Waals surface area contributed by atoms with Crippen LogP contribution in [0.3, 0.4) is 0 Å². The minimum atomic E-state index is -0.408. The maximum absolute atomic E-state index is 11.9. The number of nitrogens with one attached hydrogen (secondary N) is 1. The van der Waals surface area contributed by atoms with Crippen molar-refractivity contribution in [2.75, 3.05) is 7.11 Å². The number of benzene rings is 2. The van der Waals surface area contributed by atoms with E-state index in [9.17, 15) is 4.79 Å². The molecule has 0 saturated heterocycles. The Hall–Kier alpha value is -2.81. The van der Waals surface area contributed by atoms with Gasteiger partial charge in [-0.3, -0.25) is 4.79 Å². The summed E-state index contributed by atoms with van der Waals surface area (Å²) in [4.78, 5) is 11.9. The minimum absolute atomic E-state index is 0.214. The summed E-state index contributed by atoms with van der Waals surface area (Å²) in [6, 6.07) is 16.9. The molecule has 0 spiro atoms. The second kappa shape index (κ2) is 9.41. The first-order chi connectivity index (χ1) is 13.6. The Morgan fingerprint density at radius 3 is 2.68 bits per heavy atom. The molecule has 1 heterocycles. The first-order valence-electron chi connectivity index (χ1n) is 8.51. The Morgan fingerprint density at radius 1 is 1.21 bits per heavy atom. The standard InChI is InChI=1S/C21H19IN2O4/c1-14-8-9-18(28-14)21(25)24-23-12-16-10-17(22)20(19(11-16)26-2)27-13-15-6-4-3-5-7-15/h3-12H,13H2,1-2H3,(H,24,25)/b23-12-. The Bertz CT molecular complexity index is 983. The third-order valence-electron chi connectivity index (χ3n) is 3.82. The Balaban J connectivity index is 1.69. The lowest BCUT2D eigenvalue weighted by Gasteiger charge is -2.13. The summed E-state index contributed by atoms with van der Waals surface area (Å²) >= 11 is 2.19. The van der Waals surface area contributed by atoms with Gasteiger partial charge in [-0.15, -0.1) is 0 Å². The van der Waals surface area contributed by atoms with Crippen LogP contribution in [-0.2, 0) is 6.61 Å². The zero-order chi connectivity index (χ0) is 19.9. The van der Waals surface area contributed by atoms with Gasteiger partial charge in [-0.1, -0.05) is 30.3 Å². The smallest absolute Gasteiger partial charge is 0.307 e. The molecule has 0 radical (unpaired) electrons. The highest BCUT2D eigenvalue weighted by atomic mass is 127. The second-order valence-electron chi connectivity index (χ2n) is 5.92. The molecular weight excluding hydrogens is 471 g/mol. The molecule has 2 aromatic carbocycles. The van der Waals surface area contributed by atoms with Gasteiger partial charge < -0.3 is 13.9 Å². The van der Waals surface area contributed by atoms with Crippen LogP contribution in [-0.4, -0.2) is 19.2 Å². The molecule has 0 unspecified atom stereocenters. The maximum atomic E-state index is 11.9.